The molecule has 0 N–H and O–H groups in total. The second-order valence-corrected chi connectivity index (χ2v) is 15.8. The van der Waals surface area contributed by atoms with E-state index in [1.54, 1.807) is 5.31 Å². The molecule has 1 unspecified atom stereocenters. The maximum absolute atomic E-state index is 6.72. The van der Waals surface area contributed by atoms with Crippen LogP contribution < -0.4 is 0 Å². The number of methoxy groups -OCH3 is 2. The molecule has 0 spiro atoms. The van der Waals surface area contributed by atoms with Crippen LogP contribution in [0.25, 0.3) is 5.57 Å². The van der Waals surface area contributed by atoms with Gasteiger partial charge in [0, 0.05) is 24.4 Å². The van der Waals surface area contributed by atoms with Crippen LogP contribution in [0.2, 0.25) is 0 Å². The Labute approximate surface area is 235 Å². The summed E-state index contributed by atoms with van der Waals surface area (Å²) in [5.41, 5.74) is 7.11. The average molecular weight is 539 g/mol. The zero-order valence-corrected chi connectivity index (χ0v) is 26.6. The first kappa shape index (κ1) is 29.9. The summed E-state index contributed by atoms with van der Waals surface area (Å²) in [5, 5.41) is 1.57. The van der Waals surface area contributed by atoms with Crippen molar-refractivity contribution in [2.45, 2.75) is 141 Å². The Bertz CT molecular complexity index is 973. The summed E-state index contributed by atoms with van der Waals surface area (Å²) in [6.45, 7) is 14.1. The van der Waals surface area contributed by atoms with Gasteiger partial charge in [-0.3, -0.25) is 0 Å². The number of ether oxygens (including phenoxy) is 2. The van der Waals surface area contributed by atoms with Crippen molar-refractivity contribution in [3.8, 4) is 0 Å². The monoisotopic (exact) mass is 538 g/mol. The van der Waals surface area contributed by atoms with E-state index in [4.69, 9.17) is 9.47 Å². The molecule has 3 heteroatoms. The van der Waals surface area contributed by atoms with Crippen molar-refractivity contribution in [3.05, 3.63) is 52.0 Å². The molecule has 212 valence electrons. The van der Waals surface area contributed by atoms with E-state index < -0.39 is 0 Å². The molecule has 3 aliphatic carbocycles. The SMILES string of the molecule is COC1=CCC(OC)(C(C)C)C(c2ccc(C(C)C)cc2C(C)C)=C1P(C1CCCCC1)C1CCCCC1. The number of allylic oxidation sites excluding steroid dienone is 1. The van der Waals surface area contributed by atoms with E-state index in [2.05, 4.69) is 65.8 Å². The zero-order chi connectivity index (χ0) is 27.4. The first-order chi connectivity index (χ1) is 18.2. The van der Waals surface area contributed by atoms with Crippen LogP contribution in [0, 0.1) is 5.92 Å². The zero-order valence-electron chi connectivity index (χ0n) is 25.7. The van der Waals surface area contributed by atoms with E-state index in [0.717, 1.165) is 17.7 Å². The van der Waals surface area contributed by atoms with Gasteiger partial charge in [-0.25, -0.2) is 0 Å². The Balaban J connectivity index is 2.06. The van der Waals surface area contributed by atoms with E-state index in [1.165, 1.54) is 92.2 Å². The van der Waals surface area contributed by atoms with Crippen LogP contribution in [-0.4, -0.2) is 31.1 Å². The molecule has 0 saturated heterocycles. The molecule has 0 aromatic heterocycles. The lowest BCUT2D eigenvalue weighted by Gasteiger charge is -2.48. The molecular weight excluding hydrogens is 483 g/mol. The second-order valence-electron chi connectivity index (χ2n) is 13.1. The van der Waals surface area contributed by atoms with Gasteiger partial charge in [0.2, 0.25) is 0 Å². The first-order valence-electron chi connectivity index (χ1n) is 15.7. The highest BCUT2D eigenvalue weighted by atomic mass is 31.1. The van der Waals surface area contributed by atoms with Gasteiger partial charge in [-0.05, 0) is 77.5 Å². The summed E-state index contributed by atoms with van der Waals surface area (Å²) in [4.78, 5) is 0. The van der Waals surface area contributed by atoms with Gasteiger partial charge in [-0.15, -0.1) is 0 Å². The normalized spacial score (nSPS) is 24.2. The van der Waals surface area contributed by atoms with Crippen LogP contribution in [0.5, 0.6) is 0 Å². The van der Waals surface area contributed by atoms with Crippen molar-refractivity contribution in [1.29, 1.82) is 0 Å². The van der Waals surface area contributed by atoms with Crippen molar-refractivity contribution < 1.29 is 9.47 Å². The third kappa shape index (κ3) is 5.83. The fourth-order valence-electron chi connectivity index (χ4n) is 7.53. The van der Waals surface area contributed by atoms with Crippen molar-refractivity contribution in [3.63, 3.8) is 0 Å². The second kappa shape index (κ2) is 13.0. The summed E-state index contributed by atoms with van der Waals surface area (Å²) in [6.07, 6.45) is 17.2. The third-order valence-corrected chi connectivity index (χ3v) is 13.4. The third-order valence-electron chi connectivity index (χ3n) is 9.83. The molecule has 1 atom stereocenters. The van der Waals surface area contributed by atoms with Gasteiger partial charge in [-0.1, -0.05) is 106 Å². The Morgan fingerprint density at radius 3 is 1.82 bits per heavy atom. The van der Waals surface area contributed by atoms with E-state index in [0.29, 0.717) is 17.8 Å². The molecule has 38 heavy (non-hydrogen) atoms. The highest BCUT2D eigenvalue weighted by Gasteiger charge is 2.47. The van der Waals surface area contributed by atoms with Gasteiger partial charge in [0.25, 0.3) is 0 Å². The van der Waals surface area contributed by atoms with Crippen molar-refractivity contribution in [2.75, 3.05) is 14.2 Å². The fourth-order valence-corrected chi connectivity index (χ4v) is 11.7. The molecule has 4 rings (SSSR count). The molecule has 0 aliphatic heterocycles. The summed E-state index contributed by atoms with van der Waals surface area (Å²) >= 11 is 0. The minimum absolute atomic E-state index is 0.329. The standard InChI is InChI=1S/C35H55O2P/c1-24(2)27-19-20-30(31(23-27)25(3)4)33-34(32(36-7)21-22-35(33,37-8)26(5)6)38(28-15-11-9-12-16-28)29-17-13-10-14-18-29/h19-21,23-26,28-29H,9-18,22H2,1-8H3. The van der Waals surface area contributed by atoms with E-state index in [-0.39, 0.29) is 13.5 Å². The Kier molecular flexibility index (Phi) is 10.2. The molecule has 0 bridgehead atoms. The fraction of sp³-hybridized carbons (Fsp3) is 0.714. The first-order valence-corrected chi connectivity index (χ1v) is 17.2. The minimum atomic E-state index is -0.358. The van der Waals surface area contributed by atoms with Crippen LogP contribution in [0.3, 0.4) is 0 Å². The smallest absolute Gasteiger partial charge is 0.123 e. The number of rotatable bonds is 9. The quantitative estimate of drug-likeness (QED) is 0.291. The topological polar surface area (TPSA) is 18.5 Å². The molecule has 2 saturated carbocycles. The molecule has 0 amide bonds. The highest BCUT2D eigenvalue weighted by Crippen LogP contribution is 2.67. The van der Waals surface area contributed by atoms with Gasteiger partial charge in [0.05, 0.1) is 12.7 Å². The molecule has 0 radical (unpaired) electrons. The summed E-state index contributed by atoms with van der Waals surface area (Å²) < 4.78 is 13.1. The predicted octanol–water partition coefficient (Wildman–Crippen LogP) is 10.8. The lowest BCUT2D eigenvalue weighted by molar-refractivity contribution is 0.00311. The summed E-state index contributed by atoms with van der Waals surface area (Å²) in [7, 11) is 3.52. The van der Waals surface area contributed by atoms with Crippen molar-refractivity contribution in [1.82, 2.24) is 0 Å². The Morgan fingerprint density at radius 2 is 1.37 bits per heavy atom. The summed E-state index contributed by atoms with van der Waals surface area (Å²) in [6, 6.07) is 7.36. The maximum atomic E-state index is 6.72. The summed E-state index contributed by atoms with van der Waals surface area (Å²) in [5.74, 6) is 2.51. The predicted molar refractivity (Wildman–Crippen MR) is 166 cm³/mol. The highest BCUT2D eigenvalue weighted by molar-refractivity contribution is 7.64. The molecule has 2 fully saturated rings. The van der Waals surface area contributed by atoms with Gasteiger partial charge in [-0.2, -0.15) is 0 Å². The van der Waals surface area contributed by atoms with Crippen molar-refractivity contribution in [2.24, 2.45) is 5.92 Å². The number of hydrogen-bond donors (Lipinski definition) is 0. The Hall–Kier alpha value is -1.11. The molecule has 2 nitrogen and oxygen atoms in total. The van der Waals surface area contributed by atoms with Gasteiger partial charge in [0.1, 0.15) is 5.76 Å². The minimum Gasteiger partial charge on any atom is -0.496 e. The van der Waals surface area contributed by atoms with Crippen LogP contribution >= 0.6 is 7.92 Å². The lowest BCUT2D eigenvalue weighted by atomic mass is 9.72. The number of benzene rings is 1. The van der Waals surface area contributed by atoms with Gasteiger partial charge in [0.15, 0.2) is 0 Å². The molecule has 3 aliphatic rings. The van der Waals surface area contributed by atoms with E-state index in [1.807, 2.05) is 14.2 Å². The Morgan fingerprint density at radius 1 is 0.789 bits per heavy atom. The van der Waals surface area contributed by atoms with Crippen LogP contribution in [0.4, 0.5) is 0 Å². The van der Waals surface area contributed by atoms with Gasteiger partial charge < -0.3 is 9.47 Å². The lowest BCUT2D eigenvalue weighted by Crippen LogP contribution is -2.42. The maximum Gasteiger partial charge on any atom is 0.123 e. The molecule has 0 heterocycles. The van der Waals surface area contributed by atoms with Crippen LogP contribution in [0.1, 0.15) is 141 Å². The van der Waals surface area contributed by atoms with Gasteiger partial charge >= 0.3 is 0 Å². The molecule has 1 aromatic rings. The van der Waals surface area contributed by atoms with E-state index in [9.17, 15) is 0 Å². The van der Waals surface area contributed by atoms with Crippen molar-refractivity contribution >= 4 is 13.5 Å². The average Bonchev–Trinajstić information content (AvgIpc) is 2.93. The number of hydrogen-bond acceptors (Lipinski definition) is 2. The molecule has 1 aromatic carbocycles. The van der Waals surface area contributed by atoms with E-state index >= 15 is 0 Å². The largest absolute Gasteiger partial charge is 0.496 e. The van der Waals surface area contributed by atoms with Crippen LogP contribution in [0.15, 0.2) is 35.3 Å². The molecular formula is C35H55O2P. The van der Waals surface area contributed by atoms with Crippen LogP contribution in [-0.2, 0) is 9.47 Å².